The lowest BCUT2D eigenvalue weighted by atomic mass is 10.1. The molecule has 1 N–H and O–H groups in total. The molecule has 2 aromatic heterocycles. The molecule has 3 aromatic rings. The van der Waals surface area contributed by atoms with Crippen molar-refractivity contribution < 1.29 is 0 Å². The molecule has 1 aromatic carbocycles. The van der Waals surface area contributed by atoms with Gasteiger partial charge in [-0.15, -0.1) is 24.8 Å². The molecule has 30 heavy (non-hydrogen) atoms. The Morgan fingerprint density at radius 1 is 1.03 bits per heavy atom. The van der Waals surface area contributed by atoms with E-state index in [4.69, 9.17) is 4.98 Å². The Bertz CT molecular complexity index is 917. The van der Waals surface area contributed by atoms with Crippen molar-refractivity contribution in [1.29, 1.82) is 0 Å². The fraction of sp³-hybridized carbons (Fsp3) is 0.455. The Labute approximate surface area is 191 Å². The third-order valence-electron chi connectivity index (χ3n) is 5.16. The van der Waals surface area contributed by atoms with E-state index in [-0.39, 0.29) is 24.8 Å². The summed E-state index contributed by atoms with van der Waals surface area (Å²) in [6, 6.07) is 8.49. The molecule has 1 unspecified atom stereocenters. The van der Waals surface area contributed by atoms with E-state index < -0.39 is 0 Å². The van der Waals surface area contributed by atoms with Crippen LogP contribution in [0.15, 0.2) is 36.8 Å². The van der Waals surface area contributed by atoms with Crippen LogP contribution in [0, 0.1) is 6.92 Å². The molecule has 0 aliphatic carbocycles. The smallest absolute Gasteiger partial charge is 0.184 e. The van der Waals surface area contributed by atoms with Crippen LogP contribution in [0.25, 0.3) is 22.4 Å². The summed E-state index contributed by atoms with van der Waals surface area (Å²) in [4.78, 5) is 20.5. The third kappa shape index (κ3) is 6.49. The molecule has 8 heteroatoms. The van der Waals surface area contributed by atoms with Gasteiger partial charge >= 0.3 is 0 Å². The number of anilines is 1. The Hall–Kier alpha value is -2.02. The SMILES string of the molecule is CCN(CC)CCCC(C)Nc1ncnc2nc(-c3ccccc3C)cnc12.Cl.Cl. The van der Waals surface area contributed by atoms with Gasteiger partial charge in [-0.25, -0.2) is 19.9 Å². The van der Waals surface area contributed by atoms with Gasteiger partial charge in [-0.05, 0) is 51.9 Å². The van der Waals surface area contributed by atoms with Crippen LogP contribution in [0.2, 0.25) is 0 Å². The lowest BCUT2D eigenvalue weighted by Crippen LogP contribution is -2.25. The van der Waals surface area contributed by atoms with Gasteiger partial charge in [-0.3, -0.25) is 0 Å². The molecule has 2 heterocycles. The Kier molecular flexibility index (Phi) is 10.9. The molecule has 0 aliphatic heterocycles. The molecule has 0 bridgehead atoms. The van der Waals surface area contributed by atoms with Gasteiger partial charge in [-0.2, -0.15) is 0 Å². The van der Waals surface area contributed by atoms with Gasteiger partial charge in [0, 0.05) is 11.6 Å². The van der Waals surface area contributed by atoms with Gasteiger partial charge < -0.3 is 10.2 Å². The molecule has 3 rings (SSSR count). The summed E-state index contributed by atoms with van der Waals surface area (Å²) in [5.74, 6) is 0.754. The molecule has 0 amide bonds. The molecule has 0 saturated heterocycles. The van der Waals surface area contributed by atoms with Crippen LogP contribution in [-0.2, 0) is 0 Å². The highest BCUT2D eigenvalue weighted by Gasteiger charge is 2.12. The van der Waals surface area contributed by atoms with Crippen LogP contribution in [0.3, 0.4) is 0 Å². The molecule has 0 saturated carbocycles. The zero-order chi connectivity index (χ0) is 19.9. The van der Waals surface area contributed by atoms with E-state index in [1.165, 1.54) is 5.56 Å². The zero-order valence-corrected chi connectivity index (χ0v) is 19.8. The Balaban J connectivity index is 0.00000225. The fourth-order valence-electron chi connectivity index (χ4n) is 3.40. The predicted octanol–water partition coefficient (Wildman–Crippen LogP) is 5.16. The number of nitrogens with zero attached hydrogens (tertiary/aromatic N) is 5. The van der Waals surface area contributed by atoms with Gasteiger partial charge in [0.1, 0.15) is 11.8 Å². The molecule has 1 atom stereocenters. The zero-order valence-electron chi connectivity index (χ0n) is 18.1. The third-order valence-corrected chi connectivity index (χ3v) is 5.16. The number of nitrogens with one attached hydrogen (secondary N) is 1. The van der Waals surface area contributed by atoms with E-state index >= 15 is 0 Å². The molecule has 6 nitrogen and oxygen atoms in total. The van der Waals surface area contributed by atoms with Crippen molar-refractivity contribution >= 4 is 41.8 Å². The number of aromatic nitrogens is 4. The van der Waals surface area contributed by atoms with Crippen LogP contribution < -0.4 is 5.32 Å². The second-order valence-electron chi connectivity index (χ2n) is 7.18. The van der Waals surface area contributed by atoms with E-state index in [0.717, 1.165) is 55.1 Å². The molecule has 0 aliphatic rings. The van der Waals surface area contributed by atoms with E-state index in [2.05, 4.69) is 65.0 Å². The van der Waals surface area contributed by atoms with Crippen molar-refractivity contribution in [2.75, 3.05) is 25.0 Å². The first-order chi connectivity index (χ1) is 13.6. The highest BCUT2D eigenvalue weighted by molar-refractivity contribution is 5.85. The summed E-state index contributed by atoms with van der Waals surface area (Å²) < 4.78 is 0. The lowest BCUT2D eigenvalue weighted by molar-refractivity contribution is 0.295. The number of rotatable bonds is 9. The average molecular weight is 451 g/mol. The highest BCUT2D eigenvalue weighted by Crippen LogP contribution is 2.24. The minimum absolute atomic E-state index is 0. The van der Waals surface area contributed by atoms with Crippen LogP contribution in [0.4, 0.5) is 5.82 Å². The van der Waals surface area contributed by atoms with Crippen LogP contribution in [0.1, 0.15) is 39.2 Å². The summed E-state index contributed by atoms with van der Waals surface area (Å²) in [5.41, 5.74) is 4.42. The molecular weight excluding hydrogens is 419 g/mol. The minimum atomic E-state index is 0. The van der Waals surface area contributed by atoms with Crippen molar-refractivity contribution in [3.63, 3.8) is 0 Å². The Morgan fingerprint density at radius 2 is 1.77 bits per heavy atom. The van der Waals surface area contributed by atoms with Gasteiger partial charge in [0.05, 0.1) is 11.9 Å². The quantitative estimate of drug-likeness (QED) is 0.485. The maximum atomic E-state index is 4.72. The number of hydrogen-bond acceptors (Lipinski definition) is 6. The number of halogens is 2. The van der Waals surface area contributed by atoms with Crippen molar-refractivity contribution in [2.24, 2.45) is 0 Å². The summed E-state index contributed by atoms with van der Waals surface area (Å²) >= 11 is 0. The van der Waals surface area contributed by atoms with Crippen LogP contribution in [0.5, 0.6) is 0 Å². The first-order valence-electron chi connectivity index (χ1n) is 10.1. The van der Waals surface area contributed by atoms with Crippen LogP contribution >= 0.6 is 24.8 Å². The second kappa shape index (κ2) is 12.6. The summed E-state index contributed by atoms with van der Waals surface area (Å²) in [6.07, 6.45) is 5.60. The molecule has 0 fully saturated rings. The molecular formula is C22H32Cl2N6. The van der Waals surface area contributed by atoms with Crippen molar-refractivity contribution in [3.8, 4) is 11.3 Å². The van der Waals surface area contributed by atoms with Gasteiger partial charge in [0.25, 0.3) is 0 Å². The maximum absolute atomic E-state index is 4.72. The van der Waals surface area contributed by atoms with E-state index in [9.17, 15) is 0 Å². The largest absolute Gasteiger partial charge is 0.366 e. The summed E-state index contributed by atoms with van der Waals surface area (Å²) in [7, 11) is 0. The highest BCUT2D eigenvalue weighted by atomic mass is 35.5. The van der Waals surface area contributed by atoms with E-state index in [1.54, 1.807) is 6.33 Å². The summed E-state index contributed by atoms with van der Waals surface area (Å²) in [6.45, 7) is 12.0. The van der Waals surface area contributed by atoms with Gasteiger partial charge in [-0.1, -0.05) is 38.1 Å². The van der Waals surface area contributed by atoms with Gasteiger partial charge in [0.2, 0.25) is 0 Å². The minimum Gasteiger partial charge on any atom is -0.366 e. The summed E-state index contributed by atoms with van der Waals surface area (Å²) in [5, 5.41) is 3.49. The topological polar surface area (TPSA) is 66.8 Å². The maximum Gasteiger partial charge on any atom is 0.184 e. The first-order valence-corrected chi connectivity index (χ1v) is 10.1. The predicted molar refractivity (Wildman–Crippen MR) is 130 cm³/mol. The van der Waals surface area contributed by atoms with Gasteiger partial charge in [0.15, 0.2) is 11.5 Å². The molecule has 0 radical (unpaired) electrons. The number of fused-ring (bicyclic) bond motifs is 1. The second-order valence-corrected chi connectivity index (χ2v) is 7.18. The lowest BCUT2D eigenvalue weighted by Gasteiger charge is -2.20. The van der Waals surface area contributed by atoms with E-state index in [1.807, 2.05) is 18.3 Å². The van der Waals surface area contributed by atoms with Crippen LogP contribution in [-0.4, -0.2) is 50.5 Å². The first kappa shape index (κ1) is 26.0. The molecule has 164 valence electrons. The number of aryl methyl sites for hydroxylation is 1. The Morgan fingerprint density at radius 3 is 2.47 bits per heavy atom. The normalized spacial score (nSPS) is 11.6. The molecule has 0 spiro atoms. The monoisotopic (exact) mass is 450 g/mol. The number of benzene rings is 1. The average Bonchev–Trinajstić information content (AvgIpc) is 2.71. The van der Waals surface area contributed by atoms with Crippen molar-refractivity contribution in [1.82, 2.24) is 24.8 Å². The van der Waals surface area contributed by atoms with Crippen molar-refractivity contribution in [3.05, 3.63) is 42.4 Å². The number of hydrogen-bond donors (Lipinski definition) is 1. The van der Waals surface area contributed by atoms with Crippen molar-refractivity contribution in [2.45, 2.75) is 46.6 Å². The van der Waals surface area contributed by atoms with E-state index in [0.29, 0.717) is 11.7 Å². The standard InChI is InChI=1S/C22H30N6.2ClH/c1-5-28(6-2)13-9-11-17(4)26-21-20-22(25-15-24-21)27-19(14-23-20)18-12-8-7-10-16(18)3;;/h7-8,10,12,14-15,17H,5-6,9,11,13H2,1-4H3,(H,24,25,26,27);2*1H. The fourth-order valence-corrected chi connectivity index (χ4v) is 3.40.